The summed E-state index contributed by atoms with van der Waals surface area (Å²) in [6.07, 6.45) is 0. The number of anilines is 1. The molecule has 279 valence electrons. The van der Waals surface area contributed by atoms with Crippen LogP contribution in [0.25, 0.3) is 16.8 Å². The van der Waals surface area contributed by atoms with Gasteiger partial charge in [-0.2, -0.15) is 19.6 Å². The molecule has 0 saturated heterocycles. The quantitative estimate of drug-likeness (QED) is 0.0760. The Balaban J connectivity index is 0.000000232. The number of rotatable bonds is 9. The van der Waals surface area contributed by atoms with E-state index >= 15 is 0 Å². The molecule has 0 spiro atoms. The Labute approximate surface area is 313 Å². The molecule has 0 bridgehead atoms. The number of phenolic OH excluding ortho intramolecular Hbond substituents is 2. The number of hydrogen-bond acceptors (Lipinski definition) is 13. The van der Waals surface area contributed by atoms with Crippen LogP contribution < -0.4 is 15.7 Å². The standard InChI is InChI=1S/C16H16N5O4S.C16H15N5O4S.Co/c2*1-10-15(16(23)21(20-10)11-5-3-2-4-6-11)19-18-13-9-12(26(17,24)25)7-8-14(13)22;/h2-9,19,22H,1H3,(H,20,23)(H2,17,24,25);2-9,22-23H,1H3,(H2,17,24,25);/q-1;;. The van der Waals surface area contributed by atoms with E-state index in [-0.39, 0.29) is 72.6 Å². The van der Waals surface area contributed by atoms with Crippen molar-refractivity contribution in [2.45, 2.75) is 23.6 Å². The van der Waals surface area contributed by atoms with Gasteiger partial charge in [0.05, 0.1) is 32.6 Å². The maximum absolute atomic E-state index is 11.4. The Morgan fingerprint density at radius 1 is 0.660 bits per heavy atom. The van der Waals surface area contributed by atoms with Crippen LogP contribution in [0.3, 0.4) is 0 Å². The Kier molecular flexibility index (Phi) is 12.1. The molecule has 6 rings (SSSR count). The fourth-order valence-electron chi connectivity index (χ4n) is 4.52. The summed E-state index contributed by atoms with van der Waals surface area (Å²) in [4.78, 5) is -0.415. The molecule has 53 heavy (non-hydrogen) atoms. The van der Waals surface area contributed by atoms with Crippen LogP contribution in [0.15, 0.2) is 117 Å². The van der Waals surface area contributed by atoms with E-state index in [1.165, 1.54) is 21.5 Å². The smallest absolute Gasteiger partial charge is 0.243 e. The number of nitrogens with zero attached hydrogens (tertiary/aromatic N) is 7. The molecule has 1 radical (unpaired) electrons. The molecule has 2 heterocycles. The minimum Gasteiger partial charge on any atom is -0.594 e. The van der Waals surface area contributed by atoms with Crippen molar-refractivity contribution in [3.63, 3.8) is 0 Å². The van der Waals surface area contributed by atoms with Crippen molar-refractivity contribution in [2.75, 3.05) is 5.43 Å². The van der Waals surface area contributed by atoms with Crippen LogP contribution in [-0.2, 0) is 36.8 Å². The van der Waals surface area contributed by atoms with Crippen LogP contribution >= 0.6 is 0 Å². The summed E-state index contributed by atoms with van der Waals surface area (Å²) in [6.45, 7) is 3.30. The number of phenols is 2. The van der Waals surface area contributed by atoms with E-state index in [1.54, 1.807) is 62.4 Å². The molecule has 6 aromatic rings. The Morgan fingerprint density at radius 3 is 1.70 bits per heavy atom. The molecular weight excluding hydrogens is 775 g/mol. The van der Waals surface area contributed by atoms with E-state index < -0.39 is 20.0 Å². The average molecular weight is 807 g/mol. The zero-order valence-electron chi connectivity index (χ0n) is 27.6. The average Bonchev–Trinajstić information content (AvgIpc) is 3.56. The van der Waals surface area contributed by atoms with Crippen molar-refractivity contribution in [3.8, 4) is 34.6 Å². The van der Waals surface area contributed by atoms with Gasteiger partial charge < -0.3 is 31.3 Å². The second-order valence-electron chi connectivity index (χ2n) is 10.9. The van der Waals surface area contributed by atoms with Gasteiger partial charge in [0.1, 0.15) is 22.9 Å². The van der Waals surface area contributed by atoms with Crippen molar-refractivity contribution < 1.29 is 54.0 Å². The summed E-state index contributed by atoms with van der Waals surface area (Å²) >= 11 is 0. The van der Waals surface area contributed by atoms with E-state index in [0.717, 1.165) is 24.3 Å². The van der Waals surface area contributed by atoms with E-state index in [4.69, 9.17) is 10.3 Å². The third-order valence-corrected chi connectivity index (χ3v) is 8.96. The first kappa shape index (κ1) is 39.8. The van der Waals surface area contributed by atoms with Gasteiger partial charge in [-0.3, -0.25) is 0 Å². The van der Waals surface area contributed by atoms with Crippen LogP contribution in [0.1, 0.15) is 11.4 Å². The van der Waals surface area contributed by atoms with Crippen LogP contribution in [0.2, 0.25) is 0 Å². The second-order valence-corrected chi connectivity index (χ2v) is 14.0. The molecule has 0 unspecified atom stereocenters. The van der Waals surface area contributed by atoms with Gasteiger partial charge in [0.25, 0.3) is 0 Å². The fourth-order valence-corrected chi connectivity index (χ4v) is 5.59. The number of nitrogens with one attached hydrogen (secondary N) is 1. The summed E-state index contributed by atoms with van der Waals surface area (Å²) < 4.78 is 48.3. The number of para-hydroxylation sites is 2. The normalized spacial score (nSPS) is 11.4. The van der Waals surface area contributed by atoms with Crippen LogP contribution in [0.4, 0.5) is 22.7 Å². The second kappa shape index (κ2) is 16.1. The van der Waals surface area contributed by atoms with Gasteiger partial charge in [-0.15, -0.1) is 10.2 Å². The van der Waals surface area contributed by atoms with Gasteiger partial charge in [-0.1, -0.05) is 48.2 Å². The Morgan fingerprint density at radius 2 is 1.15 bits per heavy atom. The Bertz CT molecular complexity index is 2490. The van der Waals surface area contributed by atoms with Crippen molar-refractivity contribution in [1.29, 1.82) is 0 Å². The summed E-state index contributed by atoms with van der Waals surface area (Å²) in [5, 5.41) is 66.7. The van der Waals surface area contributed by atoms with Crippen molar-refractivity contribution in [2.24, 2.45) is 20.5 Å². The zero-order valence-corrected chi connectivity index (χ0v) is 30.3. The number of aromatic hydroxyl groups is 4. The van der Waals surface area contributed by atoms with Crippen LogP contribution in [0.5, 0.6) is 23.3 Å². The number of azo groups is 1. The molecule has 0 aliphatic carbocycles. The molecule has 0 aliphatic heterocycles. The number of sulfonamides is 2. The molecule has 18 nitrogen and oxygen atoms in total. The number of hydrogen-bond donors (Lipinski definition) is 7. The molecule has 0 atom stereocenters. The largest absolute Gasteiger partial charge is 0.594 e. The van der Waals surface area contributed by atoms with Gasteiger partial charge >= 0.3 is 0 Å². The van der Waals surface area contributed by atoms with E-state index in [2.05, 4.69) is 31.3 Å². The minimum atomic E-state index is -3.95. The van der Waals surface area contributed by atoms with Gasteiger partial charge in [0, 0.05) is 16.8 Å². The first-order valence-electron chi connectivity index (χ1n) is 14.8. The molecule has 0 saturated carbocycles. The van der Waals surface area contributed by atoms with E-state index in [9.17, 15) is 37.3 Å². The van der Waals surface area contributed by atoms with Gasteiger partial charge in [0.15, 0.2) is 5.69 Å². The number of aryl methyl sites for hydroxylation is 2. The predicted molar refractivity (Wildman–Crippen MR) is 190 cm³/mol. The van der Waals surface area contributed by atoms with Crippen LogP contribution in [-0.4, -0.2) is 56.8 Å². The van der Waals surface area contributed by atoms with Crippen molar-refractivity contribution >= 4 is 42.8 Å². The summed E-state index contributed by atoms with van der Waals surface area (Å²) in [6, 6.07) is 24.8. The third kappa shape index (κ3) is 9.28. The van der Waals surface area contributed by atoms with Crippen molar-refractivity contribution in [3.05, 3.63) is 114 Å². The maximum atomic E-state index is 11.4. The molecule has 2 aromatic heterocycles. The van der Waals surface area contributed by atoms with Crippen molar-refractivity contribution in [1.82, 2.24) is 19.6 Å². The topological polar surface area (TPSA) is 288 Å². The summed E-state index contributed by atoms with van der Waals surface area (Å²) in [5.74, 6) is -0.953. The number of benzene rings is 4. The first-order valence-corrected chi connectivity index (χ1v) is 17.9. The molecule has 0 aliphatic rings. The van der Waals surface area contributed by atoms with Gasteiger partial charge in [-0.25, -0.2) is 27.1 Å². The van der Waals surface area contributed by atoms with Crippen LogP contribution in [0, 0.1) is 13.8 Å². The van der Waals surface area contributed by atoms with E-state index in [0.29, 0.717) is 22.8 Å². The monoisotopic (exact) mass is 806 g/mol. The minimum absolute atomic E-state index is 0. The molecule has 0 fully saturated rings. The number of nitrogens with two attached hydrogens (primary N) is 2. The molecular formula is C32H31CoN10O8S2-. The summed E-state index contributed by atoms with van der Waals surface area (Å²) in [5.41, 5.74) is 8.84. The molecule has 21 heteroatoms. The fraction of sp³-hybridized carbons (Fsp3) is 0.0625. The third-order valence-electron chi connectivity index (χ3n) is 7.14. The van der Waals surface area contributed by atoms with E-state index in [1.807, 2.05) is 12.1 Å². The maximum Gasteiger partial charge on any atom is 0.243 e. The first-order chi connectivity index (χ1) is 24.5. The molecule has 9 N–H and O–H groups in total. The summed E-state index contributed by atoms with van der Waals surface area (Å²) in [7, 11) is -7.89. The number of primary sulfonamides is 2. The number of aromatic nitrogens is 4. The molecule has 4 aromatic carbocycles. The van der Waals surface area contributed by atoms with Gasteiger partial charge in [0.2, 0.25) is 31.8 Å². The molecule has 0 amide bonds. The Hall–Kier alpha value is -5.97. The predicted octanol–water partition coefficient (Wildman–Crippen LogP) is 4.92. The SMILES string of the molecule is Cc1nn(-c2ccccc2)c(O)c1N=Nc1cc(S(N)(=O)=O)ccc1O.Cc1nn(-c2ccccc2)c(O)c1N[N-]c1cc(S(N)(=O)=O)ccc1O.[Co]. The van der Waals surface area contributed by atoms with Gasteiger partial charge in [-0.05, 0) is 68.4 Å². The zero-order chi connectivity index (χ0) is 37.8.